The Morgan fingerprint density at radius 2 is 1.15 bits per heavy atom. The molecule has 2 aliphatic carbocycles. The normalized spacial score (nSPS) is 36.8. The van der Waals surface area contributed by atoms with Gasteiger partial charge in [-0.25, -0.2) is 0 Å². The number of fused-ring (bicyclic) bond motifs is 2. The molecule has 2 saturated heterocycles. The van der Waals surface area contributed by atoms with Gasteiger partial charge in [-0.2, -0.15) is 0 Å². The van der Waals surface area contributed by atoms with E-state index in [0.717, 1.165) is 59.0 Å². The number of hydrogen-bond acceptors (Lipinski definition) is 6. The second-order valence-corrected chi connectivity index (χ2v) is 11.0. The molecule has 184 valence electrons. The molecule has 0 amide bonds. The Kier molecular flexibility index (Phi) is 7.07. The molecule has 4 aliphatic rings. The number of nitrogens with two attached hydrogens (primary N) is 2. The van der Waals surface area contributed by atoms with Gasteiger partial charge < -0.3 is 20.9 Å². The quantitative estimate of drug-likeness (QED) is 0.578. The topological polar surface area (TPSA) is 96.3 Å². The molecule has 8 atom stereocenters. The Bertz CT molecular complexity index is 891. The Labute approximate surface area is 203 Å². The lowest BCUT2D eigenvalue weighted by Gasteiger charge is -2.37. The number of hydrogen-bond donors (Lipinski definition) is 2. The number of rotatable bonds is 2. The van der Waals surface area contributed by atoms with Crippen molar-refractivity contribution in [3.63, 3.8) is 0 Å². The molecule has 0 bridgehead atoms. The molecule has 0 radical (unpaired) electrons. The van der Waals surface area contributed by atoms with Gasteiger partial charge >= 0.3 is 0 Å². The third-order valence-electron chi connectivity index (χ3n) is 8.79. The largest absolute Gasteiger partial charge is 0.397 e. The van der Waals surface area contributed by atoms with Crippen LogP contribution in [0.4, 0.5) is 11.4 Å². The first kappa shape index (κ1) is 23.6. The lowest BCUT2D eigenvalue weighted by atomic mass is 9.82. The van der Waals surface area contributed by atoms with Crippen LogP contribution in [0.2, 0.25) is 0 Å². The van der Waals surface area contributed by atoms with Crippen molar-refractivity contribution in [3.8, 4) is 0 Å². The summed E-state index contributed by atoms with van der Waals surface area (Å²) < 4.78 is 12.5. The van der Waals surface area contributed by atoms with Crippen LogP contribution >= 0.6 is 0 Å². The fraction of sp³-hybridized carbons (Fsp3) is 0.643. The van der Waals surface area contributed by atoms with Crippen molar-refractivity contribution in [3.05, 3.63) is 48.0 Å². The minimum absolute atomic E-state index is 0.173. The zero-order valence-electron chi connectivity index (χ0n) is 20.6. The second-order valence-electron chi connectivity index (χ2n) is 11.0. The fourth-order valence-electron chi connectivity index (χ4n) is 6.93. The highest BCUT2D eigenvalue weighted by Gasteiger charge is 2.41. The molecule has 2 aliphatic heterocycles. The predicted octanol–water partition coefficient (Wildman–Crippen LogP) is 5.86. The monoisotopic (exact) mass is 464 g/mol. The van der Waals surface area contributed by atoms with E-state index in [1.807, 2.05) is 12.1 Å². The summed E-state index contributed by atoms with van der Waals surface area (Å²) in [6.07, 6.45) is 18.3. The molecule has 1 unspecified atom stereocenters. The first-order valence-corrected chi connectivity index (χ1v) is 13.2. The van der Waals surface area contributed by atoms with Gasteiger partial charge in [-0.1, -0.05) is 26.7 Å². The van der Waals surface area contributed by atoms with E-state index in [2.05, 4.69) is 23.8 Å². The zero-order chi connectivity index (χ0) is 23.7. The van der Waals surface area contributed by atoms with E-state index in [9.17, 15) is 0 Å². The standard InChI is InChI=1S/2C14H20N2O/c2*1-9-7-14(11-5-6-16-8-12(11)15)17-13-4-2-3-10(9)13/h2*5-6,8-10,13-14H,2-4,7,15H2,1H3/t9-,10-,13-,14?;9-,10-,13-,14-/m01/s1. The van der Waals surface area contributed by atoms with Crippen LogP contribution in [-0.2, 0) is 9.47 Å². The number of ether oxygens (including phenoxy) is 2. The maximum absolute atomic E-state index is 6.24. The van der Waals surface area contributed by atoms with Crippen molar-refractivity contribution in [2.75, 3.05) is 11.5 Å². The summed E-state index contributed by atoms with van der Waals surface area (Å²) in [5.74, 6) is 3.03. The summed E-state index contributed by atoms with van der Waals surface area (Å²) in [6, 6.07) is 4.00. The predicted molar refractivity (Wildman–Crippen MR) is 135 cm³/mol. The van der Waals surface area contributed by atoms with Crippen molar-refractivity contribution in [1.82, 2.24) is 9.97 Å². The van der Waals surface area contributed by atoms with E-state index < -0.39 is 0 Å². The number of nitrogen functional groups attached to an aromatic ring is 2. The molecule has 0 spiro atoms. The van der Waals surface area contributed by atoms with Crippen LogP contribution in [0, 0.1) is 23.7 Å². The van der Waals surface area contributed by atoms with Gasteiger partial charge in [0.1, 0.15) is 0 Å². The van der Waals surface area contributed by atoms with Crippen LogP contribution in [0.15, 0.2) is 36.9 Å². The Hall–Kier alpha value is -2.18. The molecule has 6 heteroatoms. The molecule has 6 nitrogen and oxygen atoms in total. The first-order valence-electron chi connectivity index (χ1n) is 13.2. The summed E-state index contributed by atoms with van der Waals surface area (Å²) in [4.78, 5) is 8.09. The van der Waals surface area contributed by atoms with Gasteiger partial charge in [0.05, 0.1) is 48.2 Å². The third kappa shape index (κ3) is 4.80. The van der Waals surface area contributed by atoms with Crippen molar-refractivity contribution in [2.24, 2.45) is 23.7 Å². The van der Waals surface area contributed by atoms with E-state index in [1.54, 1.807) is 24.8 Å². The highest BCUT2D eigenvalue weighted by molar-refractivity contribution is 5.46. The molecule has 6 rings (SSSR count). The summed E-state index contributed by atoms with van der Waals surface area (Å²) >= 11 is 0. The number of pyridine rings is 2. The summed E-state index contributed by atoms with van der Waals surface area (Å²) in [6.45, 7) is 4.71. The van der Waals surface area contributed by atoms with Gasteiger partial charge in [-0.05, 0) is 74.3 Å². The van der Waals surface area contributed by atoms with E-state index >= 15 is 0 Å². The van der Waals surface area contributed by atoms with Crippen molar-refractivity contribution < 1.29 is 9.47 Å². The molecule has 4 heterocycles. The Morgan fingerprint density at radius 1 is 0.706 bits per heavy atom. The number of anilines is 2. The third-order valence-corrected chi connectivity index (χ3v) is 8.79. The van der Waals surface area contributed by atoms with E-state index in [4.69, 9.17) is 20.9 Å². The van der Waals surface area contributed by atoms with Gasteiger partial charge in [0.25, 0.3) is 0 Å². The van der Waals surface area contributed by atoms with Gasteiger partial charge in [-0.15, -0.1) is 0 Å². The Balaban J connectivity index is 0.000000142. The van der Waals surface area contributed by atoms with Crippen molar-refractivity contribution >= 4 is 11.4 Å². The van der Waals surface area contributed by atoms with Crippen LogP contribution in [0.25, 0.3) is 0 Å². The second kappa shape index (κ2) is 10.2. The van der Waals surface area contributed by atoms with Gasteiger partial charge in [0.2, 0.25) is 0 Å². The SMILES string of the molecule is C[C@@H]1C[C@H](c2ccncc2N)O[C@@H]2CCC[C@H]12.C[C@H]1CC(c2ccncc2N)O[C@H]2CCC[C@H]21. The molecule has 0 aromatic carbocycles. The molecule has 34 heavy (non-hydrogen) atoms. The molecule has 4 fully saturated rings. The smallest absolute Gasteiger partial charge is 0.0852 e. The number of aromatic nitrogens is 2. The van der Waals surface area contributed by atoms with E-state index in [1.165, 1.54) is 38.5 Å². The maximum Gasteiger partial charge on any atom is 0.0852 e. The minimum Gasteiger partial charge on any atom is -0.397 e. The van der Waals surface area contributed by atoms with Crippen LogP contribution in [-0.4, -0.2) is 22.2 Å². The number of nitrogens with zero attached hydrogens (tertiary/aromatic N) is 2. The lowest BCUT2D eigenvalue weighted by molar-refractivity contribution is -0.0942. The summed E-state index contributed by atoms with van der Waals surface area (Å²) in [7, 11) is 0. The summed E-state index contributed by atoms with van der Waals surface area (Å²) in [5.41, 5.74) is 15.8. The van der Waals surface area contributed by atoms with Gasteiger partial charge in [0, 0.05) is 23.5 Å². The molecule has 2 aromatic rings. The fourth-order valence-corrected chi connectivity index (χ4v) is 6.93. The van der Waals surface area contributed by atoms with E-state index in [0.29, 0.717) is 12.2 Å². The molecular weight excluding hydrogens is 424 g/mol. The molecule has 2 saturated carbocycles. The van der Waals surface area contributed by atoms with Crippen molar-refractivity contribution in [2.45, 2.75) is 89.6 Å². The molecule has 2 aromatic heterocycles. The molecular formula is C28H40N4O2. The first-order chi connectivity index (χ1) is 16.5. The minimum atomic E-state index is 0.173. The highest BCUT2D eigenvalue weighted by Crippen LogP contribution is 2.47. The molecule has 4 N–H and O–H groups in total. The van der Waals surface area contributed by atoms with E-state index in [-0.39, 0.29) is 12.2 Å². The van der Waals surface area contributed by atoms with Crippen LogP contribution < -0.4 is 11.5 Å². The van der Waals surface area contributed by atoms with Gasteiger partial charge in [0.15, 0.2) is 0 Å². The van der Waals surface area contributed by atoms with Crippen molar-refractivity contribution in [1.29, 1.82) is 0 Å². The average molecular weight is 465 g/mol. The van der Waals surface area contributed by atoms with Crippen LogP contribution in [0.3, 0.4) is 0 Å². The van der Waals surface area contributed by atoms with Crippen LogP contribution in [0.5, 0.6) is 0 Å². The highest BCUT2D eigenvalue weighted by atomic mass is 16.5. The summed E-state index contributed by atoms with van der Waals surface area (Å²) in [5, 5.41) is 0. The average Bonchev–Trinajstić information content (AvgIpc) is 3.50. The zero-order valence-corrected chi connectivity index (χ0v) is 20.6. The lowest BCUT2D eigenvalue weighted by Crippen LogP contribution is -2.33. The maximum atomic E-state index is 6.24. The van der Waals surface area contributed by atoms with Crippen LogP contribution in [0.1, 0.15) is 88.5 Å². The Morgan fingerprint density at radius 3 is 1.56 bits per heavy atom. The van der Waals surface area contributed by atoms with Gasteiger partial charge in [-0.3, -0.25) is 9.97 Å².